The second-order valence-corrected chi connectivity index (χ2v) is 6.77. The fourth-order valence-corrected chi connectivity index (χ4v) is 4.04. The van der Waals surface area contributed by atoms with Crippen LogP contribution in [-0.2, 0) is 4.74 Å². The number of hydrogen-bond acceptors (Lipinski definition) is 3. The Morgan fingerprint density at radius 3 is 2.56 bits per heavy atom. The van der Waals surface area contributed by atoms with E-state index in [0.717, 1.165) is 3.61 Å². The van der Waals surface area contributed by atoms with Gasteiger partial charge in [0.1, 0.15) is 0 Å². The van der Waals surface area contributed by atoms with Gasteiger partial charge in [-0.2, -0.15) is 0 Å². The fraction of sp³-hybridized carbons (Fsp3) is 0.0714. The van der Waals surface area contributed by atoms with Crippen molar-refractivity contribution in [2.24, 2.45) is 0 Å². The first-order valence-electron chi connectivity index (χ1n) is 5.35. The van der Waals surface area contributed by atoms with E-state index >= 15 is 0 Å². The monoisotopic (exact) mass is 358 g/mol. The number of aromatic hydroxyl groups is 1. The first kappa shape index (κ1) is 12.9. The summed E-state index contributed by atoms with van der Waals surface area (Å²) in [6, 6.07) is 14.8. The van der Waals surface area contributed by atoms with E-state index < -0.39 is 20.9 Å². The maximum absolute atomic E-state index is 11.4. The second-order valence-electron chi connectivity index (χ2n) is 3.59. The Morgan fingerprint density at radius 1 is 1.17 bits per heavy atom. The van der Waals surface area contributed by atoms with Gasteiger partial charge in [-0.05, 0) is 0 Å². The van der Waals surface area contributed by atoms with Crippen LogP contribution in [-0.4, -0.2) is 39.1 Å². The van der Waals surface area contributed by atoms with Crippen LogP contribution in [0.1, 0.15) is 10.4 Å². The van der Waals surface area contributed by atoms with Crippen molar-refractivity contribution in [2.75, 3.05) is 7.11 Å². The van der Waals surface area contributed by atoms with E-state index in [0.29, 0.717) is 5.56 Å². The Bertz CT molecular complexity index is 552. The fourth-order valence-electron chi connectivity index (χ4n) is 1.46. The van der Waals surface area contributed by atoms with Crippen LogP contribution in [0.2, 0.25) is 0 Å². The van der Waals surface area contributed by atoms with Crippen molar-refractivity contribution in [3.05, 3.63) is 54.1 Å². The summed E-state index contributed by atoms with van der Waals surface area (Å²) in [6.45, 7) is 0. The molecule has 2 aromatic rings. The third-order valence-electron chi connectivity index (χ3n) is 2.35. The molecule has 4 heteroatoms. The number of carbonyl (C=O) groups is 1. The summed E-state index contributed by atoms with van der Waals surface area (Å²) < 4.78 is 6.73. The zero-order valence-corrected chi connectivity index (χ0v) is 12.1. The standard InChI is InChI=1S/C14H12O3Te/c1-17-14(16)10-7-8-12(15)13(9-10)18-11-5-3-2-4-6-11/h2-9,15H,1H3. The van der Waals surface area contributed by atoms with Gasteiger partial charge in [0.2, 0.25) is 0 Å². The number of hydrogen-bond donors (Lipinski definition) is 1. The SMILES string of the molecule is COC(=O)c1ccc(O)c([Te]c2ccccc2)c1. The molecular weight excluding hydrogens is 344 g/mol. The van der Waals surface area contributed by atoms with Gasteiger partial charge < -0.3 is 0 Å². The van der Waals surface area contributed by atoms with E-state index in [-0.39, 0.29) is 11.7 Å². The molecule has 3 nitrogen and oxygen atoms in total. The van der Waals surface area contributed by atoms with Gasteiger partial charge in [-0.1, -0.05) is 0 Å². The Labute approximate surface area is 115 Å². The molecule has 2 aromatic carbocycles. The van der Waals surface area contributed by atoms with Crippen molar-refractivity contribution in [3.63, 3.8) is 0 Å². The zero-order valence-electron chi connectivity index (χ0n) is 9.79. The number of rotatable bonds is 3. The zero-order chi connectivity index (χ0) is 13.0. The van der Waals surface area contributed by atoms with E-state index in [1.165, 1.54) is 10.7 Å². The van der Waals surface area contributed by atoms with Gasteiger partial charge in [-0.15, -0.1) is 0 Å². The van der Waals surface area contributed by atoms with Crippen LogP contribution in [0.5, 0.6) is 5.75 Å². The van der Waals surface area contributed by atoms with E-state index in [1.54, 1.807) is 18.2 Å². The minimum absolute atomic E-state index is 0.244. The van der Waals surface area contributed by atoms with Crippen molar-refractivity contribution >= 4 is 34.1 Å². The van der Waals surface area contributed by atoms with Gasteiger partial charge in [0.15, 0.2) is 0 Å². The molecule has 0 aliphatic rings. The number of phenolic OH excluding ortho intramolecular Hbond substituents is 1. The summed E-state index contributed by atoms with van der Waals surface area (Å²) in [7, 11) is 1.35. The van der Waals surface area contributed by atoms with Crippen LogP contribution < -0.4 is 7.22 Å². The Hall–Kier alpha value is -1.50. The molecule has 18 heavy (non-hydrogen) atoms. The molecule has 92 valence electrons. The van der Waals surface area contributed by atoms with Gasteiger partial charge in [-0.3, -0.25) is 0 Å². The summed E-state index contributed by atoms with van der Waals surface area (Å²) in [4.78, 5) is 11.4. The molecule has 0 saturated heterocycles. The molecule has 0 bridgehead atoms. The molecule has 0 amide bonds. The minimum atomic E-state index is -0.695. The van der Waals surface area contributed by atoms with Gasteiger partial charge in [0, 0.05) is 0 Å². The Morgan fingerprint density at radius 2 is 1.89 bits per heavy atom. The normalized spacial score (nSPS) is 10.1. The average Bonchev–Trinajstić information content (AvgIpc) is 2.41. The Kier molecular flexibility index (Phi) is 4.24. The molecule has 0 heterocycles. The van der Waals surface area contributed by atoms with Gasteiger partial charge in [-0.25, -0.2) is 0 Å². The average molecular weight is 356 g/mol. The number of carbonyl (C=O) groups excluding carboxylic acids is 1. The van der Waals surface area contributed by atoms with E-state index in [2.05, 4.69) is 4.74 Å². The predicted molar refractivity (Wildman–Crippen MR) is 70.9 cm³/mol. The molecule has 0 aromatic heterocycles. The second kappa shape index (κ2) is 5.90. The van der Waals surface area contributed by atoms with Crippen molar-refractivity contribution in [3.8, 4) is 5.75 Å². The summed E-state index contributed by atoms with van der Waals surface area (Å²) >= 11 is -0.695. The first-order chi connectivity index (χ1) is 8.70. The van der Waals surface area contributed by atoms with Crippen LogP contribution in [0.15, 0.2) is 48.5 Å². The molecular formula is C14H12O3Te. The molecule has 0 unspecified atom stereocenters. The van der Waals surface area contributed by atoms with E-state index in [1.807, 2.05) is 30.3 Å². The number of benzene rings is 2. The molecule has 0 radical (unpaired) electrons. The quantitative estimate of drug-likeness (QED) is 0.655. The topological polar surface area (TPSA) is 46.5 Å². The molecule has 0 fully saturated rings. The van der Waals surface area contributed by atoms with Crippen molar-refractivity contribution in [1.82, 2.24) is 0 Å². The van der Waals surface area contributed by atoms with E-state index in [4.69, 9.17) is 0 Å². The van der Waals surface area contributed by atoms with Crippen molar-refractivity contribution in [2.45, 2.75) is 0 Å². The van der Waals surface area contributed by atoms with Crippen molar-refractivity contribution < 1.29 is 14.6 Å². The number of esters is 1. The molecule has 0 aliphatic heterocycles. The third kappa shape index (κ3) is 3.04. The summed E-state index contributed by atoms with van der Waals surface area (Å²) in [5.74, 6) is -0.134. The molecule has 0 atom stereocenters. The molecule has 0 aliphatic carbocycles. The summed E-state index contributed by atoms with van der Waals surface area (Å²) in [6.07, 6.45) is 0. The number of methoxy groups -OCH3 is 1. The summed E-state index contributed by atoms with van der Waals surface area (Å²) in [5, 5.41) is 9.83. The van der Waals surface area contributed by atoms with Crippen LogP contribution in [0.25, 0.3) is 0 Å². The predicted octanol–water partition coefficient (Wildman–Crippen LogP) is 0.834. The molecule has 0 saturated carbocycles. The van der Waals surface area contributed by atoms with E-state index in [9.17, 15) is 9.90 Å². The van der Waals surface area contributed by atoms with Gasteiger partial charge >= 0.3 is 116 Å². The van der Waals surface area contributed by atoms with Gasteiger partial charge in [0.05, 0.1) is 0 Å². The molecule has 2 rings (SSSR count). The molecule has 1 N–H and O–H groups in total. The van der Waals surface area contributed by atoms with Crippen LogP contribution in [0.3, 0.4) is 0 Å². The summed E-state index contributed by atoms with van der Waals surface area (Å²) in [5.41, 5.74) is 0.478. The van der Waals surface area contributed by atoms with Crippen LogP contribution >= 0.6 is 0 Å². The maximum atomic E-state index is 11.4. The number of ether oxygens (including phenoxy) is 1. The first-order valence-corrected chi connectivity index (χ1v) is 7.68. The van der Waals surface area contributed by atoms with Gasteiger partial charge in [0.25, 0.3) is 0 Å². The van der Waals surface area contributed by atoms with Crippen LogP contribution in [0.4, 0.5) is 0 Å². The van der Waals surface area contributed by atoms with Crippen LogP contribution in [0, 0.1) is 0 Å². The van der Waals surface area contributed by atoms with Crippen molar-refractivity contribution in [1.29, 1.82) is 0 Å². The third-order valence-corrected chi connectivity index (χ3v) is 5.36. The molecule has 0 spiro atoms. The Balaban J connectivity index is 2.30. The number of phenols is 1.